The summed E-state index contributed by atoms with van der Waals surface area (Å²) in [5.41, 5.74) is 5.47. The van der Waals surface area contributed by atoms with Gasteiger partial charge in [-0.25, -0.2) is 0 Å². The first-order valence-corrected chi connectivity index (χ1v) is 6.37. The second-order valence-electron chi connectivity index (χ2n) is 3.52. The van der Waals surface area contributed by atoms with Crippen molar-refractivity contribution in [3.8, 4) is 10.7 Å². The zero-order valence-electron chi connectivity index (χ0n) is 9.78. The van der Waals surface area contributed by atoms with Gasteiger partial charge in [0.25, 0.3) is 5.09 Å². The topological polar surface area (TPSA) is 131 Å². The first kappa shape index (κ1) is 14.0. The van der Waals surface area contributed by atoms with E-state index in [4.69, 9.17) is 32.7 Å². The van der Waals surface area contributed by atoms with Crippen LogP contribution in [-0.4, -0.2) is 25.5 Å². The van der Waals surface area contributed by atoms with Gasteiger partial charge in [0.2, 0.25) is 5.95 Å². The van der Waals surface area contributed by atoms with Crippen molar-refractivity contribution in [1.29, 1.82) is 0 Å². The number of hydrogen-bond acceptors (Lipinski definition) is 6. The number of nitrogens with zero attached hydrogens (tertiary/aromatic N) is 3. The van der Waals surface area contributed by atoms with Crippen molar-refractivity contribution < 1.29 is 10.3 Å². The third kappa shape index (κ3) is 2.95. The average Bonchev–Trinajstić information content (AvgIpc) is 2.94. The van der Waals surface area contributed by atoms with E-state index in [1.807, 2.05) is 24.3 Å². The molecule has 10 heteroatoms. The number of nitrogens with two attached hydrogens (primary N) is 1. The first-order valence-electron chi connectivity index (χ1n) is 5.17. The molecule has 0 fully saturated rings. The van der Waals surface area contributed by atoms with E-state index in [0.29, 0.717) is 10.8 Å². The Morgan fingerprint density at radius 2 is 2.10 bits per heavy atom. The van der Waals surface area contributed by atoms with E-state index in [0.717, 1.165) is 15.0 Å². The number of fused-ring (bicyclic) bond motifs is 1. The predicted octanol–water partition coefficient (Wildman–Crippen LogP) is 2.57. The molecular weight excluding hydrogens is 306 g/mol. The third-order valence-corrected chi connectivity index (χ3v) is 3.93. The number of H-pyrrole nitrogens is 1. The van der Waals surface area contributed by atoms with Gasteiger partial charge in [-0.1, -0.05) is 29.8 Å². The van der Waals surface area contributed by atoms with Crippen LogP contribution < -0.4 is 5.73 Å². The van der Waals surface area contributed by atoms with Crippen molar-refractivity contribution in [2.75, 3.05) is 5.73 Å². The van der Waals surface area contributed by atoms with Crippen LogP contribution in [0.2, 0.25) is 5.02 Å². The normalized spacial score (nSPS) is 10.1. The number of rotatable bonds is 1. The summed E-state index contributed by atoms with van der Waals surface area (Å²) in [5, 5.41) is 21.9. The fraction of sp³-hybridized carbons (Fsp3) is 0. The number of aromatic amines is 1. The molecule has 4 N–H and O–H groups in total. The maximum Gasteiger partial charge on any atom is 0.291 e. The van der Waals surface area contributed by atoms with Gasteiger partial charge in [0.1, 0.15) is 0 Å². The van der Waals surface area contributed by atoms with E-state index in [-0.39, 0.29) is 5.95 Å². The zero-order valence-corrected chi connectivity index (χ0v) is 11.4. The van der Waals surface area contributed by atoms with E-state index in [2.05, 4.69) is 15.2 Å². The second-order valence-corrected chi connectivity index (χ2v) is 4.95. The van der Waals surface area contributed by atoms with Crippen LogP contribution in [0.25, 0.3) is 20.8 Å². The number of thiophene rings is 1. The van der Waals surface area contributed by atoms with Crippen LogP contribution in [0.3, 0.4) is 0 Å². The Bertz CT molecular complexity index is 752. The molecule has 0 aliphatic heterocycles. The predicted molar refractivity (Wildman–Crippen MR) is 75.4 cm³/mol. The fourth-order valence-corrected chi connectivity index (χ4v) is 3.00. The molecule has 0 spiro atoms. The number of benzene rings is 1. The smallest absolute Gasteiger partial charge is 0.291 e. The highest BCUT2D eigenvalue weighted by atomic mass is 35.5. The minimum Gasteiger partial charge on any atom is -0.366 e. The maximum absolute atomic E-state index is 8.36. The molecule has 0 bridgehead atoms. The number of nitrogen functional groups attached to an aromatic ring is 1. The van der Waals surface area contributed by atoms with Crippen LogP contribution in [0, 0.1) is 10.1 Å². The largest absolute Gasteiger partial charge is 0.366 e. The van der Waals surface area contributed by atoms with Crippen LogP contribution in [-0.2, 0) is 0 Å². The quantitative estimate of drug-likeness (QED) is 0.467. The summed E-state index contributed by atoms with van der Waals surface area (Å²) >= 11 is 7.85. The van der Waals surface area contributed by atoms with Gasteiger partial charge in [-0.2, -0.15) is 4.98 Å². The molecule has 8 nitrogen and oxygen atoms in total. The molecule has 2 aromatic heterocycles. The summed E-state index contributed by atoms with van der Waals surface area (Å²) in [6.07, 6.45) is 0. The molecule has 0 amide bonds. The second kappa shape index (κ2) is 5.72. The van der Waals surface area contributed by atoms with Gasteiger partial charge in [-0.05, 0) is 6.07 Å². The van der Waals surface area contributed by atoms with Gasteiger partial charge < -0.3 is 10.9 Å². The molecule has 0 radical (unpaired) electrons. The Morgan fingerprint density at radius 1 is 1.45 bits per heavy atom. The Hall–Kier alpha value is -2.39. The minimum atomic E-state index is -1.50. The highest BCUT2D eigenvalue weighted by molar-refractivity contribution is 7.23. The summed E-state index contributed by atoms with van der Waals surface area (Å²) < 4.78 is 1.12. The Balaban J connectivity index is 0.000000328. The highest BCUT2D eigenvalue weighted by Gasteiger charge is 2.14. The van der Waals surface area contributed by atoms with E-state index in [1.54, 1.807) is 11.3 Å². The monoisotopic (exact) mass is 313 g/mol. The number of aromatic nitrogens is 3. The van der Waals surface area contributed by atoms with Crippen LogP contribution in [0.1, 0.15) is 0 Å². The van der Waals surface area contributed by atoms with Gasteiger partial charge in [0, 0.05) is 10.1 Å². The molecule has 2 heterocycles. The molecule has 0 aliphatic rings. The van der Waals surface area contributed by atoms with Crippen molar-refractivity contribution >= 4 is 39.0 Å². The lowest BCUT2D eigenvalue weighted by atomic mass is 10.2. The molecule has 0 aliphatic carbocycles. The van der Waals surface area contributed by atoms with E-state index < -0.39 is 5.09 Å². The first-order chi connectivity index (χ1) is 9.49. The van der Waals surface area contributed by atoms with Crippen molar-refractivity contribution in [2.24, 2.45) is 0 Å². The summed E-state index contributed by atoms with van der Waals surface area (Å²) in [4.78, 5) is 13.3. The number of nitrogens with one attached hydrogen (secondary N) is 1. The lowest BCUT2D eigenvalue weighted by Crippen LogP contribution is -1.85. The number of hydrogen-bond donors (Lipinski definition) is 3. The summed E-state index contributed by atoms with van der Waals surface area (Å²) in [6, 6.07) is 7.94. The lowest BCUT2D eigenvalue weighted by molar-refractivity contribution is -0.742. The van der Waals surface area contributed by atoms with Gasteiger partial charge in [0.15, 0.2) is 5.82 Å². The van der Waals surface area contributed by atoms with Crippen LogP contribution in [0.4, 0.5) is 5.95 Å². The van der Waals surface area contributed by atoms with E-state index >= 15 is 0 Å². The SMILES string of the molecule is Nc1n[nH]c(-c2sc3ccccc3c2Cl)n1.O=[N+]([O-])O. The van der Waals surface area contributed by atoms with Crippen molar-refractivity contribution in [3.63, 3.8) is 0 Å². The number of anilines is 1. The zero-order chi connectivity index (χ0) is 14.7. The molecule has 20 heavy (non-hydrogen) atoms. The highest BCUT2D eigenvalue weighted by Crippen LogP contribution is 2.40. The Morgan fingerprint density at radius 3 is 2.65 bits per heavy atom. The summed E-state index contributed by atoms with van der Waals surface area (Å²) in [6.45, 7) is 0. The molecule has 104 valence electrons. The van der Waals surface area contributed by atoms with Crippen molar-refractivity contribution in [1.82, 2.24) is 15.2 Å². The molecule has 1 aromatic carbocycles. The standard InChI is InChI=1S/C10H7ClN4S.HNO3/c11-7-5-3-1-2-4-6(5)16-8(7)9-13-10(12)15-14-9;2-1(3)4/h1-4H,(H3,12,13,14,15);(H,2,3,4). The molecule has 0 unspecified atom stereocenters. The fourth-order valence-electron chi connectivity index (χ4n) is 1.54. The molecule has 0 saturated carbocycles. The summed E-state index contributed by atoms with van der Waals surface area (Å²) in [7, 11) is 0. The lowest BCUT2D eigenvalue weighted by Gasteiger charge is -1.90. The van der Waals surface area contributed by atoms with Crippen molar-refractivity contribution in [3.05, 3.63) is 39.4 Å². The molecule has 3 rings (SSSR count). The molecule has 0 saturated heterocycles. The van der Waals surface area contributed by atoms with Crippen LogP contribution in [0.5, 0.6) is 0 Å². The molecular formula is C10H8ClN5O3S. The van der Waals surface area contributed by atoms with E-state index in [1.165, 1.54) is 0 Å². The van der Waals surface area contributed by atoms with Gasteiger partial charge >= 0.3 is 0 Å². The van der Waals surface area contributed by atoms with E-state index in [9.17, 15) is 0 Å². The maximum atomic E-state index is 8.36. The third-order valence-electron chi connectivity index (χ3n) is 2.25. The Labute approximate surface area is 120 Å². The molecule has 0 atom stereocenters. The van der Waals surface area contributed by atoms with Crippen molar-refractivity contribution in [2.45, 2.75) is 0 Å². The van der Waals surface area contributed by atoms with Gasteiger partial charge in [0.05, 0.1) is 9.90 Å². The van der Waals surface area contributed by atoms with Crippen LogP contribution in [0.15, 0.2) is 24.3 Å². The number of halogens is 1. The van der Waals surface area contributed by atoms with Gasteiger partial charge in [-0.3, -0.25) is 5.10 Å². The van der Waals surface area contributed by atoms with Crippen LogP contribution >= 0.6 is 22.9 Å². The molecule has 3 aromatic rings. The Kier molecular flexibility index (Phi) is 4.01. The van der Waals surface area contributed by atoms with Gasteiger partial charge in [-0.15, -0.1) is 26.5 Å². The average molecular weight is 314 g/mol. The summed E-state index contributed by atoms with van der Waals surface area (Å²) in [5.74, 6) is 0.840. The minimum absolute atomic E-state index is 0.225.